The van der Waals surface area contributed by atoms with Crippen LogP contribution in [-0.4, -0.2) is 15.3 Å². The molecule has 0 unspecified atom stereocenters. The van der Waals surface area contributed by atoms with Crippen molar-refractivity contribution in [1.29, 1.82) is 0 Å². The van der Waals surface area contributed by atoms with E-state index < -0.39 is 11.5 Å². The number of hydrogen-bond donors (Lipinski definition) is 1. The van der Waals surface area contributed by atoms with E-state index in [9.17, 15) is 9.59 Å². The number of aromatic nitrogens is 2. The third kappa shape index (κ3) is 3.00. The van der Waals surface area contributed by atoms with Crippen molar-refractivity contribution in [2.24, 2.45) is 0 Å². The standard InChI is InChI=1S/C19H12ClN3O2S/c20-13-7-4-8-14(9-13)22-17(24)15-10-21-19-23(18(15)25)16(11-26-19)12-5-2-1-3-6-12/h1-11H,(H,22,24). The summed E-state index contributed by atoms with van der Waals surface area (Å²) in [5.74, 6) is -0.524. The molecule has 0 spiro atoms. The molecule has 0 saturated carbocycles. The molecular weight excluding hydrogens is 370 g/mol. The van der Waals surface area contributed by atoms with Gasteiger partial charge in [0.1, 0.15) is 5.56 Å². The molecule has 0 bridgehead atoms. The molecule has 0 radical (unpaired) electrons. The number of rotatable bonds is 3. The molecule has 0 saturated heterocycles. The molecule has 0 aliphatic carbocycles. The van der Waals surface area contributed by atoms with Gasteiger partial charge in [-0.05, 0) is 23.8 Å². The summed E-state index contributed by atoms with van der Waals surface area (Å²) >= 11 is 7.28. The Hall–Kier alpha value is -2.96. The van der Waals surface area contributed by atoms with Crippen LogP contribution >= 0.6 is 22.9 Å². The van der Waals surface area contributed by atoms with E-state index in [2.05, 4.69) is 10.3 Å². The zero-order valence-corrected chi connectivity index (χ0v) is 14.9. The fourth-order valence-corrected chi connectivity index (χ4v) is 3.67. The number of carbonyl (C=O) groups excluding carboxylic acids is 1. The van der Waals surface area contributed by atoms with Crippen molar-refractivity contribution in [3.05, 3.63) is 87.1 Å². The lowest BCUT2D eigenvalue weighted by atomic mass is 10.2. The van der Waals surface area contributed by atoms with Gasteiger partial charge in [-0.3, -0.25) is 14.0 Å². The molecule has 4 aromatic rings. The van der Waals surface area contributed by atoms with Gasteiger partial charge in [-0.2, -0.15) is 0 Å². The van der Waals surface area contributed by atoms with Crippen LogP contribution < -0.4 is 10.9 Å². The molecule has 7 heteroatoms. The number of halogens is 1. The maximum Gasteiger partial charge on any atom is 0.271 e. The second-order valence-corrected chi connectivity index (χ2v) is 6.82. The highest BCUT2D eigenvalue weighted by Crippen LogP contribution is 2.23. The summed E-state index contributed by atoms with van der Waals surface area (Å²) in [5.41, 5.74) is 1.67. The number of fused-ring (bicyclic) bond motifs is 1. The van der Waals surface area contributed by atoms with Gasteiger partial charge in [0.25, 0.3) is 11.5 Å². The molecule has 2 aromatic heterocycles. The minimum absolute atomic E-state index is 0.0296. The van der Waals surface area contributed by atoms with Crippen molar-refractivity contribution in [2.45, 2.75) is 0 Å². The molecular formula is C19H12ClN3O2S. The van der Waals surface area contributed by atoms with Gasteiger partial charge in [0.2, 0.25) is 0 Å². The average Bonchev–Trinajstić information content (AvgIpc) is 3.08. The predicted molar refractivity (Wildman–Crippen MR) is 104 cm³/mol. The number of hydrogen-bond acceptors (Lipinski definition) is 4. The Morgan fingerprint density at radius 2 is 1.92 bits per heavy atom. The second-order valence-electron chi connectivity index (χ2n) is 5.55. The number of anilines is 1. The van der Waals surface area contributed by atoms with E-state index in [1.165, 1.54) is 21.9 Å². The zero-order valence-electron chi connectivity index (χ0n) is 13.3. The number of nitrogens with zero attached hydrogens (tertiary/aromatic N) is 2. The predicted octanol–water partition coefficient (Wildman–Crippen LogP) is 4.33. The van der Waals surface area contributed by atoms with Crippen LogP contribution in [0.1, 0.15) is 10.4 Å². The first-order valence-electron chi connectivity index (χ1n) is 7.75. The van der Waals surface area contributed by atoms with Crippen molar-refractivity contribution in [2.75, 3.05) is 5.32 Å². The third-order valence-corrected chi connectivity index (χ3v) is 4.92. The van der Waals surface area contributed by atoms with Crippen LogP contribution in [-0.2, 0) is 0 Å². The van der Waals surface area contributed by atoms with Crippen LogP contribution in [0.3, 0.4) is 0 Å². The molecule has 0 aliphatic rings. The van der Waals surface area contributed by atoms with Crippen LogP contribution in [0.15, 0.2) is 71.0 Å². The first-order chi connectivity index (χ1) is 12.6. The van der Waals surface area contributed by atoms with E-state index in [0.717, 1.165) is 5.56 Å². The van der Waals surface area contributed by atoms with Gasteiger partial charge < -0.3 is 5.32 Å². The Bertz CT molecular complexity index is 1170. The Morgan fingerprint density at radius 3 is 2.69 bits per heavy atom. The van der Waals surface area contributed by atoms with Gasteiger partial charge in [0, 0.05) is 22.3 Å². The van der Waals surface area contributed by atoms with Crippen molar-refractivity contribution < 1.29 is 4.79 Å². The zero-order chi connectivity index (χ0) is 18.1. The van der Waals surface area contributed by atoms with Gasteiger partial charge in [-0.25, -0.2) is 4.98 Å². The largest absolute Gasteiger partial charge is 0.322 e. The monoisotopic (exact) mass is 381 g/mol. The van der Waals surface area contributed by atoms with Gasteiger partial charge in [-0.1, -0.05) is 48.0 Å². The maximum atomic E-state index is 12.9. The fourth-order valence-electron chi connectivity index (χ4n) is 2.62. The van der Waals surface area contributed by atoms with Crippen LogP contribution in [0.2, 0.25) is 5.02 Å². The minimum atomic E-state index is -0.524. The fraction of sp³-hybridized carbons (Fsp3) is 0. The summed E-state index contributed by atoms with van der Waals surface area (Å²) in [5, 5.41) is 5.04. The lowest BCUT2D eigenvalue weighted by Gasteiger charge is -2.06. The highest BCUT2D eigenvalue weighted by molar-refractivity contribution is 7.15. The molecule has 26 heavy (non-hydrogen) atoms. The summed E-state index contributed by atoms with van der Waals surface area (Å²) in [6.45, 7) is 0. The number of benzene rings is 2. The van der Waals surface area contributed by atoms with Crippen LogP contribution in [0.4, 0.5) is 5.69 Å². The number of amides is 1. The first-order valence-corrected chi connectivity index (χ1v) is 9.01. The van der Waals surface area contributed by atoms with E-state index in [0.29, 0.717) is 21.4 Å². The average molecular weight is 382 g/mol. The molecule has 1 amide bonds. The van der Waals surface area contributed by atoms with Crippen molar-refractivity contribution in [3.63, 3.8) is 0 Å². The summed E-state index contributed by atoms with van der Waals surface area (Å²) in [4.78, 5) is 30.3. The van der Waals surface area contributed by atoms with Gasteiger partial charge in [0.15, 0.2) is 4.96 Å². The topological polar surface area (TPSA) is 63.5 Å². The number of thiazole rings is 1. The molecule has 0 aliphatic heterocycles. The molecule has 2 aromatic carbocycles. The molecule has 0 atom stereocenters. The van der Waals surface area contributed by atoms with E-state index in [4.69, 9.17) is 11.6 Å². The molecule has 1 N–H and O–H groups in total. The summed E-state index contributed by atoms with van der Waals surface area (Å²) in [6, 6.07) is 16.3. The number of carbonyl (C=O) groups is 1. The van der Waals surface area contributed by atoms with Gasteiger partial charge in [0.05, 0.1) is 5.69 Å². The first kappa shape index (κ1) is 16.5. The smallest absolute Gasteiger partial charge is 0.271 e. The lowest BCUT2D eigenvalue weighted by molar-refractivity contribution is 0.102. The van der Waals surface area contributed by atoms with Crippen LogP contribution in [0.25, 0.3) is 16.2 Å². The highest BCUT2D eigenvalue weighted by atomic mass is 35.5. The Labute approximate surface area is 157 Å². The van der Waals surface area contributed by atoms with Gasteiger partial charge >= 0.3 is 0 Å². The third-order valence-electron chi connectivity index (χ3n) is 3.84. The van der Waals surface area contributed by atoms with E-state index in [1.807, 2.05) is 35.7 Å². The van der Waals surface area contributed by atoms with Crippen LogP contribution in [0, 0.1) is 0 Å². The minimum Gasteiger partial charge on any atom is -0.322 e. The molecule has 4 rings (SSSR count). The van der Waals surface area contributed by atoms with E-state index in [1.54, 1.807) is 24.3 Å². The lowest BCUT2D eigenvalue weighted by Crippen LogP contribution is -2.26. The Balaban J connectivity index is 1.78. The van der Waals surface area contributed by atoms with Crippen LogP contribution in [0.5, 0.6) is 0 Å². The van der Waals surface area contributed by atoms with E-state index >= 15 is 0 Å². The SMILES string of the molecule is O=C(Nc1cccc(Cl)c1)c1cnc2scc(-c3ccccc3)n2c1=O. The molecule has 2 heterocycles. The van der Waals surface area contributed by atoms with Crippen molar-refractivity contribution in [1.82, 2.24) is 9.38 Å². The van der Waals surface area contributed by atoms with E-state index in [-0.39, 0.29) is 5.56 Å². The molecule has 0 fully saturated rings. The normalized spacial score (nSPS) is 10.8. The summed E-state index contributed by atoms with van der Waals surface area (Å²) in [6.07, 6.45) is 1.31. The summed E-state index contributed by atoms with van der Waals surface area (Å²) < 4.78 is 1.47. The Morgan fingerprint density at radius 1 is 1.12 bits per heavy atom. The Kier molecular flexibility index (Phi) is 4.28. The van der Waals surface area contributed by atoms with Gasteiger partial charge in [-0.15, -0.1) is 11.3 Å². The quantitative estimate of drug-likeness (QED) is 0.574. The second kappa shape index (κ2) is 6.74. The van der Waals surface area contributed by atoms with Crippen molar-refractivity contribution >= 4 is 39.5 Å². The highest BCUT2D eigenvalue weighted by Gasteiger charge is 2.17. The maximum absolute atomic E-state index is 12.9. The molecule has 128 valence electrons. The summed E-state index contributed by atoms with van der Waals surface area (Å²) in [7, 11) is 0. The molecule has 5 nitrogen and oxygen atoms in total. The van der Waals surface area contributed by atoms with Crippen molar-refractivity contribution in [3.8, 4) is 11.3 Å². The number of nitrogens with one attached hydrogen (secondary N) is 1.